The van der Waals surface area contributed by atoms with Crippen molar-refractivity contribution in [3.8, 4) is 11.5 Å². The van der Waals surface area contributed by atoms with Gasteiger partial charge in [0.05, 0.1) is 18.2 Å². The summed E-state index contributed by atoms with van der Waals surface area (Å²) < 4.78 is 43.0. The lowest BCUT2D eigenvalue weighted by atomic mass is 10.2. The summed E-state index contributed by atoms with van der Waals surface area (Å²) in [6, 6.07) is 5.72. The minimum Gasteiger partial charge on any atom is -0.409 e. The SMILES string of the molecule is CN(Cn1nc(-c2ccc(F)cc2)oc1=S)[C@@H]1CCS(=O)(=O)C1. The number of benzene rings is 1. The molecule has 0 amide bonds. The lowest BCUT2D eigenvalue weighted by Crippen LogP contribution is -2.34. The van der Waals surface area contributed by atoms with Gasteiger partial charge in [0.1, 0.15) is 5.82 Å². The highest BCUT2D eigenvalue weighted by atomic mass is 32.2. The Morgan fingerprint density at radius 3 is 2.74 bits per heavy atom. The van der Waals surface area contributed by atoms with E-state index in [0.29, 0.717) is 24.5 Å². The standard InChI is InChI=1S/C14H16FN3O3S2/c1-17(12-6-7-23(19,20)8-12)9-18-14(22)21-13(16-18)10-2-4-11(15)5-3-10/h2-5,12H,6-9H2,1H3/t12-/m1/s1. The summed E-state index contributed by atoms with van der Waals surface area (Å²) in [5, 5.41) is 4.29. The van der Waals surface area contributed by atoms with Crippen LogP contribution in [0.5, 0.6) is 0 Å². The van der Waals surface area contributed by atoms with E-state index >= 15 is 0 Å². The number of rotatable bonds is 4. The zero-order valence-corrected chi connectivity index (χ0v) is 14.1. The van der Waals surface area contributed by atoms with Gasteiger partial charge in [-0.15, -0.1) is 5.10 Å². The van der Waals surface area contributed by atoms with E-state index in [0.717, 1.165) is 0 Å². The van der Waals surface area contributed by atoms with Gasteiger partial charge >= 0.3 is 0 Å². The molecular weight excluding hydrogens is 341 g/mol. The zero-order valence-electron chi connectivity index (χ0n) is 12.5. The summed E-state index contributed by atoms with van der Waals surface area (Å²) in [6.45, 7) is 0.337. The van der Waals surface area contributed by atoms with Crippen molar-refractivity contribution in [1.82, 2.24) is 14.7 Å². The van der Waals surface area contributed by atoms with Gasteiger partial charge in [0.25, 0.3) is 4.84 Å². The molecule has 2 aromatic rings. The summed E-state index contributed by atoms with van der Waals surface area (Å²) in [5.74, 6) is 0.336. The van der Waals surface area contributed by atoms with E-state index in [-0.39, 0.29) is 28.2 Å². The second-order valence-corrected chi connectivity index (χ2v) is 8.21. The van der Waals surface area contributed by atoms with Crippen molar-refractivity contribution in [1.29, 1.82) is 0 Å². The molecule has 0 N–H and O–H groups in total. The van der Waals surface area contributed by atoms with Crippen LogP contribution < -0.4 is 0 Å². The maximum atomic E-state index is 13.0. The number of halogens is 1. The van der Waals surface area contributed by atoms with Gasteiger partial charge in [-0.2, -0.15) is 0 Å². The van der Waals surface area contributed by atoms with Gasteiger partial charge < -0.3 is 4.42 Å². The molecule has 6 nitrogen and oxygen atoms in total. The van der Waals surface area contributed by atoms with Gasteiger partial charge in [0.15, 0.2) is 9.84 Å². The number of nitrogens with zero attached hydrogens (tertiary/aromatic N) is 3. The van der Waals surface area contributed by atoms with Gasteiger partial charge in [-0.25, -0.2) is 17.5 Å². The first-order chi connectivity index (χ1) is 10.8. The van der Waals surface area contributed by atoms with Crippen molar-refractivity contribution in [2.45, 2.75) is 19.1 Å². The van der Waals surface area contributed by atoms with Gasteiger partial charge in [0, 0.05) is 11.6 Å². The molecule has 0 unspecified atom stereocenters. The lowest BCUT2D eigenvalue weighted by molar-refractivity contribution is 0.194. The second-order valence-electron chi connectivity index (χ2n) is 5.63. The predicted octanol–water partition coefficient (Wildman–Crippen LogP) is 2.09. The van der Waals surface area contributed by atoms with Crippen LogP contribution >= 0.6 is 12.2 Å². The summed E-state index contributed by atoms with van der Waals surface area (Å²) in [6.07, 6.45) is 0.606. The third-order valence-corrected chi connectivity index (χ3v) is 5.93. The van der Waals surface area contributed by atoms with E-state index in [1.54, 1.807) is 12.1 Å². The molecule has 1 fully saturated rings. The molecule has 1 atom stereocenters. The van der Waals surface area contributed by atoms with Crippen LogP contribution in [0, 0.1) is 10.7 Å². The minimum atomic E-state index is -2.94. The molecule has 1 aromatic heterocycles. The Morgan fingerprint density at radius 2 is 2.13 bits per heavy atom. The van der Waals surface area contributed by atoms with Crippen LogP contribution in [-0.4, -0.2) is 47.7 Å². The Bertz CT molecular complexity index is 858. The Hall–Kier alpha value is -1.58. The van der Waals surface area contributed by atoms with Crippen molar-refractivity contribution >= 4 is 22.1 Å². The van der Waals surface area contributed by atoms with Crippen LogP contribution in [0.3, 0.4) is 0 Å². The Morgan fingerprint density at radius 1 is 1.43 bits per heavy atom. The Labute approximate surface area is 138 Å². The molecule has 1 aromatic carbocycles. The fourth-order valence-corrected chi connectivity index (χ4v) is 4.54. The summed E-state index contributed by atoms with van der Waals surface area (Å²) in [4.78, 5) is 2.09. The van der Waals surface area contributed by atoms with E-state index in [4.69, 9.17) is 16.6 Å². The lowest BCUT2D eigenvalue weighted by Gasteiger charge is -2.22. The van der Waals surface area contributed by atoms with E-state index in [1.807, 2.05) is 11.9 Å². The molecule has 23 heavy (non-hydrogen) atoms. The zero-order chi connectivity index (χ0) is 16.6. The predicted molar refractivity (Wildman–Crippen MR) is 85.5 cm³/mol. The summed E-state index contributed by atoms with van der Waals surface area (Å²) in [5.41, 5.74) is 0.627. The maximum Gasteiger partial charge on any atom is 0.288 e. The molecule has 0 saturated carbocycles. The smallest absolute Gasteiger partial charge is 0.288 e. The topological polar surface area (TPSA) is 68.3 Å². The first kappa shape index (κ1) is 16.3. The first-order valence-corrected chi connectivity index (χ1v) is 9.31. The van der Waals surface area contributed by atoms with Gasteiger partial charge in [-0.05, 0) is 50.0 Å². The van der Waals surface area contributed by atoms with E-state index < -0.39 is 9.84 Å². The van der Waals surface area contributed by atoms with Crippen LogP contribution in [-0.2, 0) is 16.5 Å². The molecule has 0 aliphatic carbocycles. The van der Waals surface area contributed by atoms with Crippen LogP contribution in [0.2, 0.25) is 0 Å². The highest BCUT2D eigenvalue weighted by Gasteiger charge is 2.30. The highest BCUT2D eigenvalue weighted by molar-refractivity contribution is 7.91. The summed E-state index contributed by atoms with van der Waals surface area (Å²) >= 11 is 5.15. The van der Waals surface area contributed by atoms with Gasteiger partial charge in [-0.1, -0.05) is 0 Å². The average molecular weight is 357 g/mol. The highest BCUT2D eigenvalue weighted by Crippen LogP contribution is 2.20. The molecular formula is C14H16FN3O3S2. The average Bonchev–Trinajstić information content (AvgIpc) is 3.03. The van der Waals surface area contributed by atoms with Crippen molar-refractivity contribution in [2.24, 2.45) is 0 Å². The normalized spacial score (nSPS) is 20.2. The molecule has 2 heterocycles. The number of hydrogen-bond donors (Lipinski definition) is 0. The van der Waals surface area contributed by atoms with Gasteiger partial charge in [0.2, 0.25) is 5.89 Å². The molecule has 3 rings (SSSR count). The van der Waals surface area contributed by atoms with E-state index in [1.165, 1.54) is 16.8 Å². The molecule has 9 heteroatoms. The van der Waals surface area contributed by atoms with Crippen molar-refractivity contribution in [3.05, 3.63) is 34.9 Å². The molecule has 1 saturated heterocycles. The van der Waals surface area contributed by atoms with Crippen LogP contribution in [0.15, 0.2) is 28.7 Å². The maximum absolute atomic E-state index is 13.0. The third-order valence-electron chi connectivity index (χ3n) is 3.89. The van der Waals surface area contributed by atoms with Crippen LogP contribution in [0.25, 0.3) is 11.5 Å². The number of sulfone groups is 1. The third kappa shape index (κ3) is 3.67. The number of aromatic nitrogens is 2. The van der Waals surface area contributed by atoms with Crippen LogP contribution in [0.4, 0.5) is 4.39 Å². The van der Waals surface area contributed by atoms with Gasteiger partial charge in [-0.3, -0.25) is 4.90 Å². The Balaban J connectivity index is 1.76. The quantitative estimate of drug-likeness (QED) is 0.781. The first-order valence-electron chi connectivity index (χ1n) is 7.08. The summed E-state index contributed by atoms with van der Waals surface area (Å²) in [7, 11) is -1.11. The molecule has 1 aliphatic rings. The second kappa shape index (κ2) is 6.14. The van der Waals surface area contributed by atoms with E-state index in [9.17, 15) is 12.8 Å². The van der Waals surface area contributed by atoms with Crippen molar-refractivity contribution in [2.75, 3.05) is 18.6 Å². The fraction of sp³-hybridized carbons (Fsp3) is 0.429. The Kier molecular flexibility index (Phi) is 4.35. The molecule has 0 bridgehead atoms. The fourth-order valence-electron chi connectivity index (χ4n) is 2.55. The molecule has 0 spiro atoms. The van der Waals surface area contributed by atoms with Crippen LogP contribution in [0.1, 0.15) is 6.42 Å². The largest absolute Gasteiger partial charge is 0.409 e. The van der Waals surface area contributed by atoms with Crippen molar-refractivity contribution in [3.63, 3.8) is 0 Å². The monoisotopic (exact) mass is 357 g/mol. The van der Waals surface area contributed by atoms with E-state index in [2.05, 4.69) is 5.10 Å². The number of hydrogen-bond acceptors (Lipinski definition) is 6. The minimum absolute atomic E-state index is 0.0483. The molecule has 0 radical (unpaired) electrons. The molecule has 124 valence electrons. The molecule has 1 aliphatic heterocycles. The van der Waals surface area contributed by atoms with Crippen molar-refractivity contribution < 1.29 is 17.2 Å².